The molecule has 31 heavy (non-hydrogen) atoms. The molecule has 0 saturated carbocycles. The maximum atomic E-state index is 12.6. The molecule has 2 aromatic carbocycles. The molecule has 0 bridgehead atoms. The Balaban J connectivity index is 1.82. The fourth-order valence-electron chi connectivity index (χ4n) is 2.79. The van der Waals surface area contributed by atoms with Gasteiger partial charge in [-0.25, -0.2) is 4.45 Å². The van der Waals surface area contributed by atoms with Gasteiger partial charge in [-0.2, -0.15) is 5.10 Å². The summed E-state index contributed by atoms with van der Waals surface area (Å²) in [5.74, 6) is -0.682. The lowest BCUT2D eigenvalue weighted by Crippen LogP contribution is -2.25. The van der Waals surface area contributed by atoms with Crippen molar-refractivity contribution in [2.75, 3.05) is 7.11 Å². The number of para-hydroxylation sites is 1. The van der Waals surface area contributed by atoms with Crippen LogP contribution in [0.4, 0.5) is 13.2 Å². The van der Waals surface area contributed by atoms with E-state index in [-0.39, 0.29) is 18.5 Å². The summed E-state index contributed by atoms with van der Waals surface area (Å²) in [5.41, 5.74) is 1.75. The first-order valence-corrected chi connectivity index (χ1v) is 13.1. The number of hydrogen-bond donors (Lipinski definition) is 1. The van der Waals surface area contributed by atoms with Crippen molar-refractivity contribution in [2.45, 2.75) is 12.9 Å². The van der Waals surface area contributed by atoms with Gasteiger partial charge in [-0.15, -0.1) is 13.2 Å². The summed E-state index contributed by atoms with van der Waals surface area (Å²) in [7, 11) is 1.54. The molecular weight excluding hydrogens is 569 g/mol. The van der Waals surface area contributed by atoms with Gasteiger partial charge in [-0.1, -0.05) is 23.7 Å². The van der Waals surface area contributed by atoms with Crippen LogP contribution in [-0.4, -0.2) is 28.9 Å². The number of alkyl halides is 3. The normalized spacial score (nSPS) is 11.7. The van der Waals surface area contributed by atoms with Gasteiger partial charge < -0.3 is 14.8 Å². The Kier molecular flexibility index (Phi) is 7.66. The number of rotatable bonds is 7. The third-order valence-corrected chi connectivity index (χ3v) is 6.17. The van der Waals surface area contributed by atoms with E-state index in [2.05, 4.69) is 37.2 Å². The number of nitrogens with one attached hydrogen (secondary N) is 1. The number of hydrogen-bond acceptors (Lipinski definition) is 4. The van der Waals surface area contributed by atoms with Gasteiger partial charge in [0.25, 0.3) is 5.91 Å². The summed E-state index contributed by atoms with van der Waals surface area (Å²) < 4.78 is 48.8. The van der Waals surface area contributed by atoms with Crippen molar-refractivity contribution >= 4 is 45.9 Å². The van der Waals surface area contributed by atoms with Gasteiger partial charge in [0.15, 0.2) is 0 Å². The standard InChI is InChI=1S/C19H15ClF3IN3O3P/c1-29-16-7-6-11(20)8-14(16)15-9-12(26-27(15)31-24)10-25-18(28)13-4-2-3-5-17(13)30-19(21,22)23/h2-9,31H,10H2,1H3,(H,25,28). The van der Waals surface area contributed by atoms with E-state index in [0.29, 0.717) is 16.5 Å². The molecule has 3 aromatic rings. The van der Waals surface area contributed by atoms with Crippen LogP contribution in [0.25, 0.3) is 11.3 Å². The number of aromatic nitrogens is 2. The van der Waals surface area contributed by atoms with Crippen molar-refractivity contribution in [3.8, 4) is 22.8 Å². The molecule has 164 valence electrons. The van der Waals surface area contributed by atoms with E-state index in [9.17, 15) is 18.0 Å². The van der Waals surface area contributed by atoms with Crippen LogP contribution in [0.1, 0.15) is 16.1 Å². The Morgan fingerprint density at radius 1 is 1.23 bits per heavy atom. The molecule has 1 aromatic heterocycles. The maximum absolute atomic E-state index is 12.6. The molecule has 1 amide bonds. The van der Waals surface area contributed by atoms with Crippen LogP contribution in [0.15, 0.2) is 48.5 Å². The van der Waals surface area contributed by atoms with E-state index >= 15 is 0 Å². The first-order chi connectivity index (χ1) is 14.7. The molecule has 0 saturated heterocycles. The fraction of sp³-hybridized carbons (Fsp3) is 0.158. The third-order valence-electron chi connectivity index (χ3n) is 4.06. The molecule has 12 heteroatoms. The molecule has 0 aliphatic rings. The highest BCUT2D eigenvalue weighted by Gasteiger charge is 2.32. The monoisotopic (exact) mass is 583 g/mol. The van der Waals surface area contributed by atoms with Crippen molar-refractivity contribution in [2.24, 2.45) is 0 Å². The zero-order chi connectivity index (χ0) is 22.6. The second kappa shape index (κ2) is 10.1. The van der Waals surface area contributed by atoms with Crippen LogP contribution in [0.3, 0.4) is 0 Å². The molecule has 0 spiro atoms. The summed E-state index contributed by atoms with van der Waals surface area (Å²) in [6.45, 7) is 0.00316. The van der Waals surface area contributed by atoms with Crippen molar-refractivity contribution < 1.29 is 27.4 Å². The summed E-state index contributed by atoms with van der Waals surface area (Å²) in [4.78, 5) is 12.5. The number of methoxy groups -OCH3 is 1. The van der Waals surface area contributed by atoms with Gasteiger partial charge in [0.2, 0.25) is 0 Å². The molecule has 0 aliphatic heterocycles. The SMILES string of the molecule is COc1ccc(Cl)cc1-c1cc(CNC(=O)c2ccccc2OC(F)(F)F)nn1PI. The number of benzene rings is 2. The van der Waals surface area contributed by atoms with Crippen molar-refractivity contribution in [3.63, 3.8) is 0 Å². The molecule has 1 N–H and O–H groups in total. The van der Waals surface area contributed by atoms with Gasteiger partial charge in [-0.05, 0) is 58.4 Å². The minimum atomic E-state index is -4.90. The Hall–Kier alpha value is -2.04. The first-order valence-electron chi connectivity index (χ1n) is 8.64. The Labute approximate surface area is 195 Å². The Morgan fingerprint density at radius 3 is 2.65 bits per heavy atom. The molecule has 0 radical (unpaired) electrons. The van der Waals surface area contributed by atoms with E-state index in [4.69, 9.17) is 16.3 Å². The Morgan fingerprint density at radius 2 is 1.97 bits per heavy atom. The van der Waals surface area contributed by atoms with Crippen LogP contribution >= 0.6 is 40.0 Å². The van der Waals surface area contributed by atoms with Gasteiger partial charge in [0, 0.05) is 10.6 Å². The van der Waals surface area contributed by atoms with Crippen LogP contribution in [-0.2, 0) is 6.54 Å². The molecule has 1 unspecified atom stereocenters. The van der Waals surface area contributed by atoms with E-state index in [1.54, 1.807) is 35.8 Å². The number of ether oxygens (including phenoxy) is 2. The molecule has 1 heterocycles. The highest BCUT2D eigenvalue weighted by atomic mass is 127. The maximum Gasteiger partial charge on any atom is 0.573 e. The molecule has 1 atom stereocenters. The van der Waals surface area contributed by atoms with Crippen LogP contribution in [0, 0.1) is 0 Å². The van der Waals surface area contributed by atoms with E-state index in [1.807, 2.05) is 0 Å². The first kappa shape index (κ1) is 23.6. The molecule has 3 rings (SSSR count). The van der Waals surface area contributed by atoms with Gasteiger partial charge in [-0.3, -0.25) is 4.79 Å². The van der Waals surface area contributed by atoms with E-state index in [0.717, 1.165) is 17.3 Å². The quantitative estimate of drug-likeness (QED) is 0.281. The molecule has 6 nitrogen and oxygen atoms in total. The van der Waals surface area contributed by atoms with Crippen LogP contribution < -0.4 is 14.8 Å². The number of amides is 1. The average Bonchev–Trinajstić information content (AvgIpc) is 3.14. The number of carbonyl (C=O) groups excluding carboxylic acids is 1. The lowest BCUT2D eigenvalue weighted by atomic mass is 10.1. The van der Waals surface area contributed by atoms with Crippen molar-refractivity contribution in [1.29, 1.82) is 0 Å². The van der Waals surface area contributed by atoms with Crippen molar-refractivity contribution in [3.05, 3.63) is 64.8 Å². The highest BCUT2D eigenvalue weighted by molar-refractivity contribution is 14.2. The van der Waals surface area contributed by atoms with Crippen molar-refractivity contribution in [1.82, 2.24) is 14.9 Å². The predicted octanol–water partition coefficient (Wildman–Crippen LogP) is 5.83. The number of halogens is 5. The Bertz CT molecular complexity index is 1090. The number of carbonyl (C=O) groups is 1. The summed E-state index contributed by atoms with van der Waals surface area (Å²) in [6.07, 6.45) is -4.65. The van der Waals surface area contributed by atoms with Crippen LogP contribution in [0.5, 0.6) is 11.5 Å². The predicted molar refractivity (Wildman–Crippen MR) is 121 cm³/mol. The van der Waals surface area contributed by atoms with Crippen LogP contribution in [0.2, 0.25) is 5.02 Å². The summed E-state index contributed by atoms with van der Waals surface area (Å²) in [5, 5.41) is 7.56. The highest BCUT2D eigenvalue weighted by Crippen LogP contribution is 2.37. The molecular formula is C19H15ClF3IN3O3P. The second-order valence-corrected chi connectivity index (χ2v) is 8.56. The lowest BCUT2D eigenvalue weighted by Gasteiger charge is -2.12. The average molecular weight is 584 g/mol. The van der Waals surface area contributed by atoms with Gasteiger partial charge in [0.1, 0.15) is 11.5 Å². The smallest absolute Gasteiger partial charge is 0.496 e. The summed E-state index contributed by atoms with van der Waals surface area (Å²) in [6, 6.07) is 12.1. The van der Waals surface area contributed by atoms with E-state index in [1.165, 1.54) is 18.2 Å². The third kappa shape index (κ3) is 6.02. The zero-order valence-corrected chi connectivity index (χ0v) is 19.7. The largest absolute Gasteiger partial charge is 0.573 e. The molecule has 0 fully saturated rings. The minimum Gasteiger partial charge on any atom is -0.496 e. The summed E-state index contributed by atoms with van der Waals surface area (Å²) >= 11 is 8.29. The number of nitrogens with zero attached hydrogens (tertiary/aromatic N) is 2. The minimum absolute atomic E-state index is 0.00316. The van der Waals surface area contributed by atoms with Gasteiger partial charge >= 0.3 is 6.36 Å². The second-order valence-electron chi connectivity index (χ2n) is 6.09. The topological polar surface area (TPSA) is 65.4 Å². The van der Waals surface area contributed by atoms with Gasteiger partial charge in [0.05, 0.1) is 37.0 Å². The zero-order valence-electron chi connectivity index (χ0n) is 15.8. The fourth-order valence-corrected chi connectivity index (χ4v) is 4.50. The lowest BCUT2D eigenvalue weighted by molar-refractivity contribution is -0.274. The molecule has 0 aliphatic carbocycles. The van der Waals surface area contributed by atoms with E-state index < -0.39 is 18.0 Å².